The van der Waals surface area contributed by atoms with Gasteiger partial charge in [0.15, 0.2) is 0 Å². The monoisotopic (exact) mass is 421 g/mol. The molecule has 1 N–H and O–H groups in total. The summed E-state index contributed by atoms with van der Waals surface area (Å²) >= 11 is 1.66. The van der Waals surface area contributed by atoms with Crippen molar-refractivity contribution in [3.05, 3.63) is 42.0 Å². The number of hydrogen-bond donors (Lipinski definition) is 1. The maximum Gasteiger partial charge on any atom is 0.317 e. The van der Waals surface area contributed by atoms with Crippen molar-refractivity contribution in [2.45, 2.75) is 38.1 Å². The highest BCUT2D eigenvalue weighted by atomic mass is 32.1. The number of urea groups is 1. The van der Waals surface area contributed by atoms with E-state index in [9.17, 15) is 4.79 Å². The lowest BCUT2D eigenvalue weighted by Gasteiger charge is -2.36. The van der Waals surface area contributed by atoms with Gasteiger partial charge in [-0.3, -0.25) is 0 Å². The first kappa shape index (κ1) is 19.3. The number of rotatable bonds is 3. The average Bonchev–Trinajstić information content (AvgIpc) is 3.25. The van der Waals surface area contributed by atoms with Gasteiger partial charge in [-0.25, -0.2) is 14.8 Å². The molecule has 30 heavy (non-hydrogen) atoms. The third-order valence-corrected chi connectivity index (χ3v) is 7.12. The molecule has 7 heteroatoms. The van der Waals surface area contributed by atoms with Gasteiger partial charge in [0.05, 0.1) is 5.39 Å². The van der Waals surface area contributed by atoms with E-state index in [1.54, 1.807) is 17.7 Å². The fraction of sp³-hybridized carbons (Fsp3) is 0.435. The van der Waals surface area contributed by atoms with Crippen LogP contribution in [0.1, 0.15) is 32.1 Å². The zero-order valence-electron chi connectivity index (χ0n) is 17.1. The van der Waals surface area contributed by atoms with Gasteiger partial charge < -0.3 is 15.1 Å². The van der Waals surface area contributed by atoms with Crippen LogP contribution in [0.4, 0.5) is 10.6 Å². The predicted molar refractivity (Wildman–Crippen MR) is 122 cm³/mol. The second kappa shape index (κ2) is 8.60. The SMILES string of the molecule is O=C(NC1CCCCC1)N1CCN(c2ncnc3scc(-c4ccccc4)c23)CC1. The van der Waals surface area contributed by atoms with Gasteiger partial charge in [0, 0.05) is 43.2 Å². The summed E-state index contributed by atoms with van der Waals surface area (Å²) in [4.78, 5) is 27.1. The standard InChI is InChI=1S/C23H27N5OS/c29-23(26-18-9-5-2-6-10-18)28-13-11-27(12-14-28)21-20-19(17-7-3-1-4-8-17)15-30-22(20)25-16-24-21/h1,3-4,7-8,15-16,18H,2,5-6,9-14H2,(H,26,29). The molecule has 0 bridgehead atoms. The molecule has 2 aromatic heterocycles. The first-order valence-corrected chi connectivity index (χ1v) is 11.8. The van der Waals surface area contributed by atoms with Gasteiger partial charge >= 0.3 is 6.03 Å². The van der Waals surface area contributed by atoms with Gasteiger partial charge in [0.2, 0.25) is 0 Å². The molecule has 2 fully saturated rings. The van der Waals surface area contributed by atoms with Crippen LogP contribution < -0.4 is 10.2 Å². The van der Waals surface area contributed by atoms with Crippen LogP contribution in [0.2, 0.25) is 0 Å². The number of thiophene rings is 1. The van der Waals surface area contributed by atoms with E-state index >= 15 is 0 Å². The Labute approximate surface area is 180 Å². The molecule has 0 radical (unpaired) electrons. The van der Waals surface area contributed by atoms with E-state index < -0.39 is 0 Å². The summed E-state index contributed by atoms with van der Waals surface area (Å²) in [5.41, 5.74) is 2.37. The smallest absolute Gasteiger partial charge is 0.317 e. The molecule has 5 rings (SSSR count). The quantitative estimate of drug-likeness (QED) is 0.675. The summed E-state index contributed by atoms with van der Waals surface area (Å²) < 4.78 is 0. The number of carbonyl (C=O) groups excluding carboxylic acids is 1. The van der Waals surface area contributed by atoms with E-state index in [2.05, 4.69) is 49.8 Å². The van der Waals surface area contributed by atoms with Crippen molar-refractivity contribution in [2.24, 2.45) is 0 Å². The van der Waals surface area contributed by atoms with Crippen molar-refractivity contribution in [3.8, 4) is 11.1 Å². The lowest BCUT2D eigenvalue weighted by Crippen LogP contribution is -2.53. The Morgan fingerprint density at radius 3 is 2.53 bits per heavy atom. The maximum absolute atomic E-state index is 12.7. The number of amides is 2. The fourth-order valence-corrected chi connectivity index (χ4v) is 5.47. The second-order valence-corrected chi connectivity index (χ2v) is 9.01. The molecule has 1 saturated carbocycles. The fourth-order valence-electron chi connectivity index (χ4n) is 4.56. The molecule has 3 heterocycles. The Balaban J connectivity index is 1.31. The van der Waals surface area contributed by atoms with Crippen LogP contribution >= 0.6 is 11.3 Å². The molecule has 2 amide bonds. The Bertz CT molecular complexity index is 1010. The minimum atomic E-state index is 0.0925. The number of nitrogens with one attached hydrogen (secondary N) is 1. The summed E-state index contributed by atoms with van der Waals surface area (Å²) in [7, 11) is 0. The van der Waals surface area contributed by atoms with E-state index in [1.165, 1.54) is 30.4 Å². The second-order valence-electron chi connectivity index (χ2n) is 8.15. The summed E-state index contributed by atoms with van der Waals surface area (Å²) in [6, 6.07) is 10.9. The Kier molecular flexibility index (Phi) is 5.53. The van der Waals surface area contributed by atoms with Crippen LogP contribution in [-0.2, 0) is 0 Å². The van der Waals surface area contributed by atoms with E-state index in [1.807, 2.05) is 11.0 Å². The molecule has 156 valence electrons. The average molecular weight is 422 g/mol. The molecule has 1 aliphatic carbocycles. The van der Waals surface area contributed by atoms with Gasteiger partial charge in [-0.15, -0.1) is 11.3 Å². The normalized spacial score (nSPS) is 18.0. The first-order chi connectivity index (χ1) is 14.8. The van der Waals surface area contributed by atoms with Crippen molar-refractivity contribution in [1.29, 1.82) is 0 Å². The van der Waals surface area contributed by atoms with Crippen molar-refractivity contribution in [1.82, 2.24) is 20.2 Å². The summed E-state index contributed by atoms with van der Waals surface area (Å²) in [5.74, 6) is 0.979. The number of carbonyl (C=O) groups is 1. The van der Waals surface area contributed by atoms with Crippen LogP contribution in [0.25, 0.3) is 21.3 Å². The number of nitrogens with zero attached hydrogens (tertiary/aromatic N) is 4. The molecular weight excluding hydrogens is 394 g/mol. The minimum absolute atomic E-state index is 0.0925. The molecule has 1 aromatic carbocycles. The molecule has 0 unspecified atom stereocenters. The number of piperazine rings is 1. The molecule has 0 spiro atoms. The molecule has 3 aromatic rings. The van der Waals surface area contributed by atoms with E-state index in [0.717, 1.165) is 55.1 Å². The zero-order valence-corrected chi connectivity index (χ0v) is 17.9. The highest BCUT2D eigenvalue weighted by Crippen LogP contribution is 2.37. The van der Waals surface area contributed by atoms with Crippen molar-refractivity contribution < 1.29 is 4.79 Å². The predicted octanol–water partition coefficient (Wildman–Crippen LogP) is 4.52. The minimum Gasteiger partial charge on any atom is -0.352 e. The van der Waals surface area contributed by atoms with Crippen LogP contribution in [0, 0.1) is 0 Å². The number of fused-ring (bicyclic) bond motifs is 1. The largest absolute Gasteiger partial charge is 0.352 e. The Morgan fingerprint density at radius 2 is 1.77 bits per heavy atom. The van der Waals surface area contributed by atoms with Crippen LogP contribution in [0.5, 0.6) is 0 Å². The third kappa shape index (κ3) is 3.86. The molecule has 0 atom stereocenters. The molecule has 1 saturated heterocycles. The van der Waals surface area contributed by atoms with Crippen LogP contribution in [0.15, 0.2) is 42.0 Å². The highest BCUT2D eigenvalue weighted by Gasteiger charge is 2.26. The van der Waals surface area contributed by atoms with E-state index in [-0.39, 0.29) is 6.03 Å². The molecular formula is C23H27N5OS. The zero-order chi connectivity index (χ0) is 20.3. The summed E-state index contributed by atoms with van der Waals surface area (Å²) in [6.07, 6.45) is 7.65. The highest BCUT2D eigenvalue weighted by molar-refractivity contribution is 7.17. The third-order valence-electron chi connectivity index (χ3n) is 6.23. The summed E-state index contributed by atoms with van der Waals surface area (Å²) in [5, 5.41) is 6.54. The number of benzene rings is 1. The van der Waals surface area contributed by atoms with Crippen LogP contribution in [0.3, 0.4) is 0 Å². The maximum atomic E-state index is 12.7. The molecule has 2 aliphatic rings. The van der Waals surface area contributed by atoms with E-state index in [0.29, 0.717) is 6.04 Å². The number of anilines is 1. The lowest BCUT2D eigenvalue weighted by atomic mass is 9.96. The molecule has 6 nitrogen and oxygen atoms in total. The summed E-state index contributed by atoms with van der Waals surface area (Å²) in [6.45, 7) is 3.01. The number of aromatic nitrogens is 2. The van der Waals surface area contributed by atoms with Gasteiger partial charge in [-0.1, -0.05) is 49.6 Å². The van der Waals surface area contributed by atoms with Gasteiger partial charge in [0.25, 0.3) is 0 Å². The lowest BCUT2D eigenvalue weighted by molar-refractivity contribution is 0.186. The van der Waals surface area contributed by atoms with Gasteiger partial charge in [-0.05, 0) is 18.4 Å². The van der Waals surface area contributed by atoms with Gasteiger partial charge in [0.1, 0.15) is 17.0 Å². The van der Waals surface area contributed by atoms with Crippen molar-refractivity contribution in [3.63, 3.8) is 0 Å². The van der Waals surface area contributed by atoms with Crippen molar-refractivity contribution in [2.75, 3.05) is 31.1 Å². The Hall–Kier alpha value is -2.67. The topological polar surface area (TPSA) is 61.4 Å². The van der Waals surface area contributed by atoms with Gasteiger partial charge in [-0.2, -0.15) is 0 Å². The Morgan fingerprint density at radius 1 is 1.00 bits per heavy atom. The van der Waals surface area contributed by atoms with Crippen molar-refractivity contribution >= 4 is 33.4 Å². The molecule has 1 aliphatic heterocycles. The van der Waals surface area contributed by atoms with E-state index in [4.69, 9.17) is 0 Å². The first-order valence-electron chi connectivity index (χ1n) is 10.9. The van der Waals surface area contributed by atoms with Crippen LogP contribution in [-0.4, -0.2) is 53.1 Å². The number of hydrogen-bond acceptors (Lipinski definition) is 5.